The van der Waals surface area contributed by atoms with Gasteiger partial charge in [0.1, 0.15) is 5.82 Å². The zero-order valence-corrected chi connectivity index (χ0v) is 8.95. The molecular formula is C10H7FIN. The molecule has 0 aliphatic rings. The van der Waals surface area contributed by atoms with Crippen LogP contribution in [0.1, 0.15) is 5.56 Å². The molecule has 1 aromatic heterocycles. The lowest BCUT2D eigenvalue weighted by molar-refractivity contribution is 0.639. The molecule has 3 heteroatoms. The first-order valence-corrected chi connectivity index (χ1v) is 5.43. The van der Waals surface area contributed by atoms with Crippen LogP contribution >= 0.6 is 22.6 Å². The largest absolute Gasteiger partial charge is 0.256 e. The van der Waals surface area contributed by atoms with E-state index in [9.17, 15) is 4.39 Å². The Balaban J connectivity index is 2.84. The van der Waals surface area contributed by atoms with Gasteiger partial charge in [0.25, 0.3) is 0 Å². The molecule has 0 aliphatic heterocycles. The van der Waals surface area contributed by atoms with Crippen LogP contribution in [0.25, 0.3) is 10.9 Å². The van der Waals surface area contributed by atoms with Crippen molar-refractivity contribution in [3.63, 3.8) is 0 Å². The summed E-state index contributed by atoms with van der Waals surface area (Å²) in [5.41, 5.74) is 1.86. The van der Waals surface area contributed by atoms with Crippen molar-refractivity contribution in [3.05, 3.63) is 41.8 Å². The lowest BCUT2D eigenvalue weighted by Gasteiger charge is -2.02. The molecule has 0 atom stereocenters. The molecule has 1 heterocycles. The monoisotopic (exact) mass is 287 g/mol. The van der Waals surface area contributed by atoms with E-state index in [1.165, 1.54) is 6.07 Å². The Bertz CT molecular complexity index is 442. The van der Waals surface area contributed by atoms with Gasteiger partial charge in [0.05, 0.1) is 5.52 Å². The van der Waals surface area contributed by atoms with Crippen LogP contribution in [0.3, 0.4) is 0 Å². The lowest BCUT2D eigenvalue weighted by atomic mass is 10.1. The minimum Gasteiger partial charge on any atom is -0.256 e. The highest BCUT2D eigenvalue weighted by Crippen LogP contribution is 2.21. The highest BCUT2D eigenvalue weighted by atomic mass is 127. The third-order valence-electron chi connectivity index (χ3n) is 1.94. The molecule has 13 heavy (non-hydrogen) atoms. The molecule has 2 rings (SSSR count). The summed E-state index contributed by atoms with van der Waals surface area (Å²) in [5.74, 6) is -0.197. The number of halogens is 2. The topological polar surface area (TPSA) is 12.9 Å². The summed E-state index contributed by atoms with van der Waals surface area (Å²) >= 11 is 2.25. The fraction of sp³-hybridized carbons (Fsp3) is 0.100. The maximum absolute atomic E-state index is 13.3. The molecule has 0 saturated heterocycles. The number of aromatic nitrogens is 1. The molecule has 0 fully saturated rings. The first-order chi connectivity index (χ1) is 6.33. The van der Waals surface area contributed by atoms with E-state index in [1.54, 1.807) is 24.4 Å². The standard InChI is InChI=1S/C10H7FIN/c11-9-4-3-7(6-12)10-8(9)2-1-5-13-10/h1-5H,6H2. The quantitative estimate of drug-likeness (QED) is 0.579. The number of hydrogen-bond acceptors (Lipinski definition) is 1. The molecule has 0 aliphatic carbocycles. The van der Waals surface area contributed by atoms with Gasteiger partial charge in [-0.25, -0.2) is 4.39 Å². The van der Waals surface area contributed by atoms with Gasteiger partial charge in [-0.3, -0.25) is 4.98 Å². The third kappa shape index (κ3) is 1.52. The van der Waals surface area contributed by atoms with Gasteiger partial charge >= 0.3 is 0 Å². The van der Waals surface area contributed by atoms with Crippen LogP contribution < -0.4 is 0 Å². The molecule has 0 saturated carbocycles. The third-order valence-corrected chi connectivity index (χ3v) is 2.77. The van der Waals surface area contributed by atoms with Crippen LogP contribution in [0.4, 0.5) is 4.39 Å². The van der Waals surface area contributed by atoms with Crippen LogP contribution in [0, 0.1) is 5.82 Å². The highest BCUT2D eigenvalue weighted by Gasteiger charge is 2.04. The maximum atomic E-state index is 13.3. The van der Waals surface area contributed by atoms with E-state index in [2.05, 4.69) is 27.6 Å². The van der Waals surface area contributed by atoms with Crippen molar-refractivity contribution in [2.45, 2.75) is 4.43 Å². The Kier molecular flexibility index (Phi) is 2.44. The van der Waals surface area contributed by atoms with Crippen molar-refractivity contribution >= 4 is 33.5 Å². The van der Waals surface area contributed by atoms with Crippen LogP contribution in [0.5, 0.6) is 0 Å². The van der Waals surface area contributed by atoms with E-state index in [4.69, 9.17) is 0 Å². The molecule has 1 nitrogen and oxygen atoms in total. The van der Waals surface area contributed by atoms with Gasteiger partial charge in [-0.15, -0.1) is 0 Å². The SMILES string of the molecule is Fc1ccc(CI)c2ncccc12. The second kappa shape index (κ2) is 3.57. The van der Waals surface area contributed by atoms with Crippen molar-refractivity contribution in [1.29, 1.82) is 0 Å². The molecule has 0 amide bonds. The van der Waals surface area contributed by atoms with Gasteiger partial charge in [-0.1, -0.05) is 28.7 Å². The minimum absolute atomic E-state index is 0.197. The predicted molar refractivity (Wildman–Crippen MR) is 59.4 cm³/mol. The van der Waals surface area contributed by atoms with Crippen LogP contribution in [0.15, 0.2) is 30.5 Å². The Hall–Kier alpha value is -0.710. The average molecular weight is 287 g/mol. The number of benzene rings is 1. The van der Waals surface area contributed by atoms with Crippen molar-refractivity contribution in [3.8, 4) is 0 Å². The predicted octanol–water partition coefficient (Wildman–Crippen LogP) is 3.31. The van der Waals surface area contributed by atoms with Crippen molar-refractivity contribution in [1.82, 2.24) is 4.98 Å². The van der Waals surface area contributed by atoms with Gasteiger partial charge < -0.3 is 0 Å². The Labute approximate surface area is 89.1 Å². The van der Waals surface area contributed by atoms with Gasteiger partial charge in [0, 0.05) is 16.0 Å². The average Bonchev–Trinajstić information content (AvgIpc) is 2.19. The van der Waals surface area contributed by atoms with Crippen LogP contribution in [0.2, 0.25) is 0 Å². The summed E-state index contributed by atoms with van der Waals surface area (Å²) in [6.45, 7) is 0. The van der Waals surface area contributed by atoms with Gasteiger partial charge in [0.15, 0.2) is 0 Å². The summed E-state index contributed by atoms with van der Waals surface area (Å²) in [7, 11) is 0. The molecule has 2 aromatic rings. The van der Waals surface area contributed by atoms with E-state index in [-0.39, 0.29) is 5.82 Å². The van der Waals surface area contributed by atoms with Crippen molar-refractivity contribution in [2.24, 2.45) is 0 Å². The second-order valence-corrected chi connectivity index (χ2v) is 3.50. The molecule has 66 valence electrons. The molecule has 0 spiro atoms. The highest BCUT2D eigenvalue weighted by molar-refractivity contribution is 14.1. The smallest absolute Gasteiger partial charge is 0.132 e. The second-order valence-electron chi connectivity index (χ2n) is 2.74. The number of pyridine rings is 1. The van der Waals surface area contributed by atoms with Gasteiger partial charge in [0.2, 0.25) is 0 Å². The summed E-state index contributed by atoms with van der Waals surface area (Å²) in [6.07, 6.45) is 1.69. The van der Waals surface area contributed by atoms with E-state index < -0.39 is 0 Å². The van der Waals surface area contributed by atoms with Gasteiger partial charge in [-0.05, 0) is 23.8 Å². The summed E-state index contributed by atoms with van der Waals surface area (Å²) < 4.78 is 14.1. The zero-order chi connectivity index (χ0) is 9.26. The van der Waals surface area contributed by atoms with E-state index in [0.29, 0.717) is 5.39 Å². The maximum Gasteiger partial charge on any atom is 0.132 e. The van der Waals surface area contributed by atoms with E-state index >= 15 is 0 Å². The number of hydrogen-bond donors (Lipinski definition) is 0. The zero-order valence-electron chi connectivity index (χ0n) is 6.80. The Morgan fingerprint density at radius 1 is 1.31 bits per heavy atom. The van der Waals surface area contributed by atoms with Gasteiger partial charge in [-0.2, -0.15) is 0 Å². The molecular weight excluding hydrogens is 280 g/mol. The normalized spacial score (nSPS) is 10.6. The number of fused-ring (bicyclic) bond motifs is 1. The molecule has 0 radical (unpaired) electrons. The number of nitrogens with zero attached hydrogens (tertiary/aromatic N) is 1. The fourth-order valence-electron chi connectivity index (χ4n) is 1.30. The molecule has 0 bridgehead atoms. The van der Waals surface area contributed by atoms with Crippen molar-refractivity contribution in [2.75, 3.05) is 0 Å². The fourth-order valence-corrected chi connectivity index (χ4v) is 1.92. The van der Waals surface area contributed by atoms with E-state index in [0.717, 1.165) is 15.5 Å². The molecule has 0 N–H and O–H groups in total. The summed E-state index contributed by atoms with van der Waals surface area (Å²) in [4.78, 5) is 4.17. The minimum atomic E-state index is -0.197. The van der Waals surface area contributed by atoms with E-state index in [1.807, 2.05) is 0 Å². The molecule has 1 aromatic carbocycles. The first kappa shape index (κ1) is 8.87. The van der Waals surface area contributed by atoms with Crippen molar-refractivity contribution < 1.29 is 4.39 Å². The number of alkyl halides is 1. The summed E-state index contributed by atoms with van der Waals surface area (Å²) in [5, 5.41) is 0.608. The molecule has 0 unspecified atom stereocenters. The van der Waals surface area contributed by atoms with Crippen LogP contribution in [-0.2, 0) is 4.43 Å². The first-order valence-electron chi connectivity index (χ1n) is 3.91. The number of rotatable bonds is 1. The Morgan fingerprint density at radius 3 is 2.92 bits per heavy atom. The Morgan fingerprint density at radius 2 is 2.15 bits per heavy atom. The van der Waals surface area contributed by atoms with Crippen LogP contribution in [-0.4, -0.2) is 4.98 Å². The summed E-state index contributed by atoms with van der Waals surface area (Å²) in [6, 6.07) is 6.80. The lowest BCUT2D eigenvalue weighted by Crippen LogP contribution is -1.88.